The third-order valence-electron chi connectivity index (χ3n) is 6.34. The number of hydrogen-bond acceptors (Lipinski definition) is 2. The van der Waals surface area contributed by atoms with Gasteiger partial charge in [-0.3, -0.25) is 0 Å². The summed E-state index contributed by atoms with van der Waals surface area (Å²) >= 11 is 3.82. The van der Waals surface area contributed by atoms with E-state index >= 15 is 0 Å². The van der Waals surface area contributed by atoms with Crippen LogP contribution >= 0.6 is 32.6 Å². The van der Waals surface area contributed by atoms with Crippen molar-refractivity contribution in [3.8, 4) is 0 Å². The lowest BCUT2D eigenvalue weighted by atomic mass is 9.98. The Morgan fingerprint density at radius 3 is 2.00 bits per heavy atom. The normalized spacial score (nSPS) is 12.4. The molecule has 1 N–H and O–H groups in total. The van der Waals surface area contributed by atoms with Crippen molar-refractivity contribution < 1.29 is 0 Å². The van der Waals surface area contributed by atoms with E-state index in [0.717, 1.165) is 0 Å². The maximum absolute atomic E-state index is 3.83. The monoisotopic (exact) mass is 437 g/mol. The number of aromatic nitrogens is 1. The molecule has 0 bridgehead atoms. The lowest BCUT2D eigenvalue weighted by Gasteiger charge is -2.04. The molecule has 1 unspecified atom stereocenters. The molecule has 0 saturated heterocycles. The van der Waals surface area contributed by atoms with Crippen LogP contribution in [0.2, 0.25) is 0 Å². The van der Waals surface area contributed by atoms with Gasteiger partial charge >= 0.3 is 0 Å². The molecule has 0 fully saturated rings. The van der Waals surface area contributed by atoms with Crippen LogP contribution in [-0.2, 0) is 0 Å². The van der Waals surface area contributed by atoms with Crippen LogP contribution in [0.3, 0.4) is 0 Å². The Balaban J connectivity index is 0.00000162. The van der Waals surface area contributed by atoms with Gasteiger partial charge in [0.1, 0.15) is 0 Å². The van der Waals surface area contributed by atoms with Crippen LogP contribution in [0.1, 0.15) is 0 Å². The highest BCUT2D eigenvalue weighted by atomic mass is 32.1. The average molecular weight is 438 g/mol. The van der Waals surface area contributed by atoms with Crippen LogP contribution in [0.4, 0.5) is 0 Å². The fourth-order valence-corrected chi connectivity index (χ4v) is 7.52. The highest BCUT2D eigenvalue weighted by Gasteiger charge is 2.19. The molecule has 3 heterocycles. The van der Waals surface area contributed by atoms with Crippen LogP contribution in [0, 0.1) is 0 Å². The first-order valence-electron chi connectivity index (χ1n) is 9.79. The Kier molecular flexibility index (Phi) is 3.24. The number of H-pyrrole nitrogens is 1. The zero-order chi connectivity index (χ0) is 18.7. The zero-order valence-electron chi connectivity index (χ0n) is 16.0. The van der Waals surface area contributed by atoms with Crippen molar-refractivity contribution in [1.82, 2.24) is 4.98 Å². The molecule has 3 aromatic heterocycles. The van der Waals surface area contributed by atoms with Gasteiger partial charge in [0.25, 0.3) is 0 Å². The van der Waals surface area contributed by atoms with E-state index in [0.29, 0.717) is 0 Å². The molecule has 1 nitrogen and oxygen atoms in total. The number of fused-ring (bicyclic) bond motifs is 8. The molecular weight excluding hydrogens is 421 g/mol. The Labute approximate surface area is 182 Å². The Bertz CT molecular complexity index is 1920. The summed E-state index contributed by atoms with van der Waals surface area (Å²) in [6.45, 7) is 0. The molecule has 142 valence electrons. The third kappa shape index (κ3) is 1.91. The van der Waals surface area contributed by atoms with Gasteiger partial charge in [-0.1, -0.05) is 48.5 Å². The largest absolute Gasteiger partial charge is 0.353 e. The minimum Gasteiger partial charge on any atom is -0.353 e. The summed E-state index contributed by atoms with van der Waals surface area (Å²) in [6, 6.07) is 26.9. The molecule has 0 aliphatic carbocycles. The van der Waals surface area contributed by atoms with Crippen LogP contribution < -0.4 is 0 Å². The van der Waals surface area contributed by atoms with Crippen molar-refractivity contribution in [2.45, 2.75) is 0 Å². The predicted molar refractivity (Wildman–Crippen MR) is 141 cm³/mol. The van der Waals surface area contributed by atoms with E-state index in [1.54, 1.807) is 0 Å². The molecular formula is C26H16NPS2. The summed E-state index contributed by atoms with van der Waals surface area (Å²) in [7, 11) is 0. The molecule has 0 amide bonds. The van der Waals surface area contributed by atoms with E-state index in [-0.39, 0.29) is 9.90 Å². The van der Waals surface area contributed by atoms with Crippen molar-refractivity contribution in [2.75, 3.05) is 0 Å². The van der Waals surface area contributed by atoms with E-state index in [9.17, 15) is 0 Å². The molecule has 0 radical (unpaired) electrons. The summed E-state index contributed by atoms with van der Waals surface area (Å²) in [5.41, 5.74) is 2.54. The van der Waals surface area contributed by atoms with Crippen LogP contribution in [0.15, 0.2) is 72.8 Å². The van der Waals surface area contributed by atoms with Gasteiger partial charge < -0.3 is 4.98 Å². The lowest BCUT2D eigenvalue weighted by molar-refractivity contribution is 1.59. The summed E-state index contributed by atoms with van der Waals surface area (Å²) in [6.07, 6.45) is 0. The Hall–Kier alpha value is -2.71. The first-order valence-corrected chi connectivity index (χ1v) is 11.4. The number of thiophene rings is 2. The number of aromatic amines is 1. The summed E-state index contributed by atoms with van der Waals surface area (Å²) < 4.78 is 5.49. The molecule has 8 rings (SSSR count). The van der Waals surface area contributed by atoms with E-state index in [1.165, 1.54) is 72.9 Å². The molecule has 1 atom stereocenters. The quantitative estimate of drug-likeness (QED) is 0.180. The minimum atomic E-state index is 0. The van der Waals surface area contributed by atoms with Gasteiger partial charge in [-0.25, -0.2) is 0 Å². The smallest absolute Gasteiger partial charge is 0.0652 e. The molecule has 0 aliphatic heterocycles. The van der Waals surface area contributed by atoms with Crippen LogP contribution in [-0.4, -0.2) is 4.98 Å². The number of nitrogens with one attached hydrogen (secondary N) is 1. The topological polar surface area (TPSA) is 15.8 Å². The van der Waals surface area contributed by atoms with Crippen LogP contribution in [0.5, 0.6) is 0 Å². The average Bonchev–Trinajstić information content (AvgIpc) is 3.43. The highest BCUT2D eigenvalue weighted by Crippen LogP contribution is 2.47. The van der Waals surface area contributed by atoms with E-state index in [1.807, 2.05) is 22.7 Å². The van der Waals surface area contributed by atoms with Crippen molar-refractivity contribution in [2.24, 2.45) is 0 Å². The fourth-order valence-electron chi connectivity index (χ4n) is 5.12. The minimum absolute atomic E-state index is 0. The first-order chi connectivity index (χ1) is 14.4. The first kappa shape index (κ1) is 17.0. The molecule has 30 heavy (non-hydrogen) atoms. The second-order valence-corrected chi connectivity index (χ2v) is 9.94. The highest BCUT2D eigenvalue weighted by molar-refractivity contribution is 7.27. The molecule has 0 aliphatic rings. The van der Waals surface area contributed by atoms with Crippen molar-refractivity contribution >= 4 is 105 Å². The Morgan fingerprint density at radius 1 is 0.567 bits per heavy atom. The van der Waals surface area contributed by atoms with Gasteiger partial charge in [-0.2, -0.15) is 9.90 Å². The van der Waals surface area contributed by atoms with Crippen molar-refractivity contribution in [3.63, 3.8) is 0 Å². The molecule has 4 heteroatoms. The van der Waals surface area contributed by atoms with E-state index < -0.39 is 0 Å². The molecule has 0 saturated carbocycles. The molecule has 8 aromatic rings. The third-order valence-corrected chi connectivity index (χ3v) is 8.77. The van der Waals surface area contributed by atoms with Gasteiger partial charge in [0.15, 0.2) is 0 Å². The predicted octanol–water partition coefficient (Wildman–Crippen LogP) is 8.71. The van der Waals surface area contributed by atoms with Gasteiger partial charge in [0, 0.05) is 57.3 Å². The Morgan fingerprint density at radius 2 is 1.23 bits per heavy atom. The second-order valence-electron chi connectivity index (χ2n) is 7.84. The standard InChI is InChI=1S/C26H13NS2.H3P/c1-4-8-21-14(5-1)17-11-13-9-10-16-23-19(27-24(22(13)23)26(17)29-21)12-18-15-6-2-3-7-20(15)28-25(16)18;/h1-12,27H;1H3. The fraction of sp³-hybridized carbons (Fsp3) is 0. The summed E-state index contributed by atoms with van der Waals surface area (Å²) in [4.78, 5) is 3.83. The molecule has 5 aromatic carbocycles. The van der Waals surface area contributed by atoms with E-state index in [2.05, 4.69) is 77.8 Å². The van der Waals surface area contributed by atoms with Gasteiger partial charge in [0.2, 0.25) is 0 Å². The summed E-state index contributed by atoms with van der Waals surface area (Å²) in [5.74, 6) is 0. The van der Waals surface area contributed by atoms with Crippen molar-refractivity contribution in [1.29, 1.82) is 0 Å². The number of rotatable bonds is 0. The number of benzene rings is 5. The van der Waals surface area contributed by atoms with E-state index in [4.69, 9.17) is 0 Å². The lowest BCUT2D eigenvalue weighted by Crippen LogP contribution is -1.77. The maximum atomic E-state index is 3.83. The van der Waals surface area contributed by atoms with Gasteiger partial charge in [-0.05, 0) is 29.7 Å². The number of hydrogen-bond donors (Lipinski definition) is 1. The van der Waals surface area contributed by atoms with Gasteiger partial charge in [0.05, 0.1) is 10.2 Å². The maximum Gasteiger partial charge on any atom is 0.0652 e. The molecule has 0 spiro atoms. The van der Waals surface area contributed by atoms with Gasteiger partial charge in [-0.15, -0.1) is 22.7 Å². The summed E-state index contributed by atoms with van der Waals surface area (Å²) in [5, 5.41) is 10.9. The second kappa shape index (κ2) is 5.70. The van der Waals surface area contributed by atoms with Crippen LogP contribution in [0.25, 0.3) is 72.9 Å². The van der Waals surface area contributed by atoms with Crippen molar-refractivity contribution in [3.05, 3.63) is 72.8 Å². The zero-order valence-corrected chi connectivity index (χ0v) is 19.0. The SMILES string of the molecule is P.c1ccc2c(c1)sc1c2cc2[nH]c3c4sc5ccccc5c4cc4ccc1c2c43.